The molecule has 5 aromatic rings. The molecule has 1 atom stereocenters. The van der Waals surface area contributed by atoms with Crippen LogP contribution in [-0.2, 0) is 22.1 Å². The smallest absolute Gasteiger partial charge is 0.407 e. The fourth-order valence-electron chi connectivity index (χ4n) is 8.24. The summed E-state index contributed by atoms with van der Waals surface area (Å²) in [6, 6.07) is 28.1. The number of anilines is 1. The second-order valence-electron chi connectivity index (χ2n) is 16.7. The molecule has 0 aliphatic carbocycles. The highest BCUT2D eigenvalue weighted by Gasteiger charge is 2.51. The quantitative estimate of drug-likeness (QED) is 0.126. The van der Waals surface area contributed by atoms with Crippen LogP contribution in [-0.4, -0.2) is 80.0 Å². The van der Waals surface area contributed by atoms with Crippen LogP contribution in [0.1, 0.15) is 58.9 Å². The summed E-state index contributed by atoms with van der Waals surface area (Å²) >= 11 is 3.62. The van der Waals surface area contributed by atoms with E-state index in [4.69, 9.17) is 14.1 Å². The van der Waals surface area contributed by atoms with Crippen molar-refractivity contribution in [1.82, 2.24) is 14.5 Å². The molecular weight excluding hydrogens is 813 g/mol. The fourth-order valence-corrected chi connectivity index (χ4v) is 13.4. The lowest BCUT2D eigenvalue weighted by Gasteiger charge is -2.44. The standard InChI is InChI=1S/C44H52BrF3N4O4Si/c1-30(55-7)39-36(25-32(27-49-39)50-20-22-51(23-21-50)41(53)54)40-37(35-24-31(45)18-19-38(35)52(40)28-44(46,47)48)26-43(5,6)29-56-57(42(2,3)4,33-14-10-8-11-15-33)34-16-12-9-13-17-34/h8-19,24-25,27,30H,20-23,26,28-29H2,1-7H3,(H,53,54). The van der Waals surface area contributed by atoms with E-state index >= 15 is 0 Å². The minimum Gasteiger partial charge on any atom is -0.465 e. The maximum Gasteiger partial charge on any atom is 0.407 e. The van der Waals surface area contributed by atoms with E-state index < -0.39 is 38.7 Å². The monoisotopic (exact) mass is 864 g/mol. The Bertz CT molecular complexity index is 2140. The fraction of sp³-hybridized carbons (Fsp3) is 0.409. The van der Waals surface area contributed by atoms with Gasteiger partial charge in [-0.3, -0.25) is 4.98 Å². The summed E-state index contributed by atoms with van der Waals surface area (Å²) in [7, 11) is -1.39. The summed E-state index contributed by atoms with van der Waals surface area (Å²) < 4.78 is 59.5. The van der Waals surface area contributed by atoms with Crippen molar-refractivity contribution in [2.24, 2.45) is 5.41 Å². The first kappa shape index (κ1) is 42.4. The number of methoxy groups -OCH3 is 1. The van der Waals surface area contributed by atoms with Gasteiger partial charge in [-0.25, -0.2) is 4.79 Å². The van der Waals surface area contributed by atoms with Crippen molar-refractivity contribution >= 4 is 57.3 Å². The van der Waals surface area contributed by atoms with Crippen molar-refractivity contribution in [3.8, 4) is 11.3 Å². The van der Waals surface area contributed by atoms with E-state index in [-0.39, 0.29) is 5.04 Å². The van der Waals surface area contributed by atoms with Gasteiger partial charge < -0.3 is 28.6 Å². The van der Waals surface area contributed by atoms with E-state index in [1.165, 1.54) is 9.47 Å². The van der Waals surface area contributed by atoms with Crippen LogP contribution in [0.4, 0.5) is 23.7 Å². The van der Waals surface area contributed by atoms with E-state index in [0.717, 1.165) is 20.4 Å². The van der Waals surface area contributed by atoms with Crippen molar-refractivity contribution in [3.05, 3.63) is 107 Å². The second kappa shape index (κ2) is 16.6. The second-order valence-corrected chi connectivity index (χ2v) is 22.0. The molecule has 0 radical (unpaired) electrons. The normalized spacial score (nSPS) is 15.0. The number of amides is 1. The zero-order valence-electron chi connectivity index (χ0n) is 33.7. The van der Waals surface area contributed by atoms with Gasteiger partial charge in [0.1, 0.15) is 6.54 Å². The summed E-state index contributed by atoms with van der Waals surface area (Å²) in [5.74, 6) is 0. The third-order valence-electron chi connectivity index (χ3n) is 11.0. The first-order valence-corrected chi connectivity index (χ1v) is 21.9. The Labute approximate surface area is 342 Å². The van der Waals surface area contributed by atoms with Crippen LogP contribution in [0.3, 0.4) is 0 Å². The Morgan fingerprint density at radius 2 is 1.51 bits per heavy atom. The minimum absolute atomic E-state index is 0.266. The first-order chi connectivity index (χ1) is 26.8. The molecule has 3 heterocycles. The van der Waals surface area contributed by atoms with Gasteiger partial charge in [-0.05, 0) is 64.0 Å². The van der Waals surface area contributed by atoms with Crippen molar-refractivity contribution in [3.63, 3.8) is 0 Å². The minimum atomic E-state index is -4.53. The van der Waals surface area contributed by atoms with Gasteiger partial charge in [-0.1, -0.05) is 111 Å². The molecule has 1 unspecified atom stereocenters. The van der Waals surface area contributed by atoms with Crippen LogP contribution in [0, 0.1) is 5.41 Å². The predicted octanol–water partition coefficient (Wildman–Crippen LogP) is 9.68. The predicted molar refractivity (Wildman–Crippen MR) is 227 cm³/mol. The van der Waals surface area contributed by atoms with Gasteiger partial charge in [0.2, 0.25) is 0 Å². The highest BCUT2D eigenvalue weighted by molar-refractivity contribution is 9.10. The van der Waals surface area contributed by atoms with Gasteiger partial charge in [0.25, 0.3) is 8.32 Å². The number of carbonyl (C=O) groups is 1. The number of benzene rings is 3. The molecule has 1 saturated heterocycles. The molecule has 1 fully saturated rings. The van der Waals surface area contributed by atoms with Gasteiger partial charge in [0, 0.05) is 60.8 Å². The number of ether oxygens (including phenoxy) is 1. The molecule has 6 rings (SSSR count). The Morgan fingerprint density at radius 1 is 0.912 bits per heavy atom. The van der Waals surface area contributed by atoms with Gasteiger partial charge in [0.15, 0.2) is 0 Å². The van der Waals surface area contributed by atoms with Crippen LogP contribution in [0.15, 0.2) is 95.6 Å². The topological polar surface area (TPSA) is 80.1 Å². The third kappa shape index (κ3) is 8.96. The number of piperazine rings is 1. The SMILES string of the molecule is COC(C)c1ncc(N2CCN(C(=O)O)CC2)cc1-c1c(CC(C)(C)CO[Si](c2ccccc2)(c2ccccc2)C(C)(C)C)c2cc(Br)ccc2n1CC(F)(F)F. The maximum atomic E-state index is 14.7. The van der Waals surface area contributed by atoms with Crippen LogP contribution in [0.25, 0.3) is 22.2 Å². The molecular formula is C44H52BrF3N4O4Si. The number of carboxylic acid groups (broad SMARTS) is 1. The van der Waals surface area contributed by atoms with Crippen molar-refractivity contribution in [1.29, 1.82) is 0 Å². The lowest BCUT2D eigenvalue weighted by atomic mass is 9.84. The van der Waals surface area contributed by atoms with E-state index in [0.29, 0.717) is 72.7 Å². The van der Waals surface area contributed by atoms with Crippen LogP contribution >= 0.6 is 15.9 Å². The highest BCUT2D eigenvalue weighted by atomic mass is 79.9. The zero-order valence-corrected chi connectivity index (χ0v) is 36.2. The zero-order chi connectivity index (χ0) is 41.3. The molecule has 1 N–H and O–H groups in total. The van der Waals surface area contributed by atoms with Crippen molar-refractivity contribution < 1.29 is 32.2 Å². The Hall–Kier alpha value is -4.17. The number of hydrogen-bond donors (Lipinski definition) is 1. The summed E-state index contributed by atoms with van der Waals surface area (Å²) in [6.07, 6.45) is -3.95. The average molecular weight is 866 g/mol. The molecule has 0 bridgehead atoms. The molecule has 0 saturated carbocycles. The van der Waals surface area contributed by atoms with Gasteiger partial charge >= 0.3 is 12.3 Å². The Kier molecular flexibility index (Phi) is 12.4. The van der Waals surface area contributed by atoms with E-state index in [1.807, 2.05) is 60.4 Å². The van der Waals surface area contributed by atoms with Crippen LogP contribution in [0.2, 0.25) is 5.04 Å². The van der Waals surface area contributed by atoms with Crippen molar-refractivity contribution in [2.45, 2.75) is 71.8 Å². The summed E-state index contributed by atoms with van der Waals surface area (Å²) in [5.41, 5.74) is 2.83. The molecule has 2 aromatic heterocycles. The first-order valence-electron chi connectivity index (χ1n) is 19.2. The number of aromatic nitrogens is 2. The molecule has 1 aliphatic rings. The van der Waals surface area contributed by atoms with E-state index in [2.05, 4.69) is 74.8 Å². The number of alkyl halides is 3. The lowest BCUT2D eigenvalue weighted by Crippen LogP contribution is -2.67. The van der Waals surface area contributed by atoms with Gasteiger partial charge in [0.05, 0.1) is 29.4 Å². The molecule has 1 aliphatic heterocycles. The molecule has 0 spiro atoms. The third-order valence-corrected chi connectivity index (χ3v) is 16.5. The van der Waals surface area contributed by atoms with Crippen LogP contribution in [0.5, 0.6) is 0 Å². The lowest BCUT2D eigenvalue weighted by molar-refractivity contribution is -0.139. The summed E-state index contributed by atoms with van der Waals surface area (Å²) in [5, 5.41) is 12.3. The number of pyridine rings is 1. The molecule has 13 heteroatoms. The van der Waals surface area contributed by atoms with E-state index in [1.54, 1.807) is 25.4 Å². The Balaban J connectivity index is 1.52. The summed E-state index contributed by atoms with van der Waals surface area (Å²) in [6.45, 7) is 13.3. The number of fused-ring (bicyclic) bond motifs is 1. The Morgan fingerprint density at radius 3 is 2.04 bits per heavy atom. The molecule has 3 aromatic carbocycles. The van der Waals surface area contributed by atoms with Gasteiger partial charge in [-0.2, -0.15) is 13.2 Å². The number of halogens is 4. The average Bonchev–Trinajstić information content (AvgIpc) is 3.44. The molecule has 57 heavy (non-hydrogen) atoms. The molecule has 8 nitrogen and oxygen atoms in total. The number of rotatable bonds is 12. The largest absolute Gasteiger partial charge is 0.465 e. The van der Waals surface area contributed by atoms with Crippen molar-refractivity contribution in [2.75, 3.05) is 44.8 Å². The highest BCUT2D eigenvalue weighted by Crippen LogP contribution is 2.44. The number of hydrogen-bond acceptors (Lipinski definition) is 5. The van der Waals surface area contributed by atoms with Crippen LogP contribution < -0.4 is 15.3 Å². The van der Waals surface area contributed by atoms with E-state index in [9.17, 15) is 23.1 Å². The summed E-state index contributed by atoms with van der Waals surface area (Å²) in [4.78, 5) is 19.9. The van der Waals surface area contributed by atoms with Gasteiger partial charge in [-0.15, -0.1) is 0 Å². The molecule has 304 valence electrons. The molecule has 1 amide bonds. The number of nitrogens with zero attached hydrogens (tertiary/aromatic N) is 4. The maximum absolute atomic E-state index is 14.7.